The van der Waals surface area contributed by atoms with Crippen LogP contribution in [0.3, 0.4) is 0 Å². The number of thiophene rings is 1. The molecule has 6 aromatic rings. The maximum atomic E-state index is 15.1. The van der Waals surface area contributed by atoms with E-state index < -0.39 is 29.4 Å². The number of nitrogens with one attached hydrogen (secondary N) is 1. The van der Waals surface area contributed by atoms with Crippen molar-refractivity contribution >= 4 is 33.2 Å². The zero-order valence-corrected chi connectivity index (χ0v) is 29.1. The van der Waals surface area contributed by atoms with Crippen LogP contribution in [0, 0.1) is 11.6 Å². The van der Waals surface area contributed by atoms with Crippen LogP contribution in [0.5, 0.6) is 0 Å². The van der Waals surface area contributed by atoms with Gasteiger partial charge in [0.1, 0.15) is 22.2 Å². The molecule has 0 aliphatic heterocycles. The number of para-hydroxylation sites is 1. The number of carbonyl (C=O) groups is 2. The highest BCUT2D eigenvalue weighted by Gasteiger charge is 2.26. The number of hydrogen-bond acceptors (Lipinski definition) is 7. The molecule has 1 N–H and O–H groups in total. The maximum absolute atomic E-state index is 15.1. The summed E-state index contributed by atoms with van der Waals surface area (Å²) in [7, 11) is 3.41. The molecule has 0 aliphatic carbocycles. The van der Waals surface area contributed by atoms with E-state index >= 15 is 8.78 Å². The monoisotopic (exact) mass is 707 g/mol. The molecule has 9 nitrogen and oxygen atoms in total. The molecule has 0 atom stereocenters. The summed E-state index contributed by atoms with van der Waals surface area (Å²) in [6.45, 7) is 1.96. The molecule has 0 spiro atoms. The number of carbonyl (C=O) groups excluding carboxylic acids is 2. The lowest BCUT2D eigenvalue weighted by Crippen LogP contribution is -2.39. The quantitative estimate of drug-likeness (QED) is 0.165. The number of nitrogens with zero attached hydrogens (tertiary/aromatic N) is 4. The highest BCUT2D eigenvalue weighted by atomic mass is 32.1. The van der Waals surface area contributed by atoms with Crippen molar-refractivity contribution in [3.63, 3.8) is 0 Å². The van der Waals surface area contributed by atoms with Gasteiger partial charge in [0, 0.05) is 49.6 Å². The van der Waals surface area contributed by atoms with Crippen LogP contribution >= 0.6 is 11.3 Å². The molecule has 0 saturated carbocycles. The molecule has 0 fully saturated rings. The van der Waals surface area contributed by atoms with E-state index in [-0.39, 0.29) is 34.0 Å². The van der Waals surface area contributed by atoms with E-state index in [1.165, 1.54) is 28.2 Å². The standard InChI is InChI=1S/C39H35F2N5O4S/c1-4-29(47)19-24-13-15-25(16-14-24)35-31(22-44(3)21-27-18-17-26(20-43-27)36(48)42-2)34-37(49)46(28-9-6-5-7-10-28)39(50)45(38(34)51-35)23-30-32(40)11-8-12-33(30)41/h5-18,20H,4,19,21-23H2,1-3H3,(H,42,48). The van der Waals surface area contributed by atoms with Gasteiger partial charge < -0.3 is 5.32 Å². The Morgan fingerprint density at radius 3 is 2.22 bits per heavy atom. The molecule has 260 valence electrons. The molecule has 6 rings (SSSR count). The summed E-state index contributed by atoms with van der Waals surface area (Å²) in [5.74, 6) is -1.76. The molecule has 0 unspecified atom stereocenters. The van der Waals surface area contributed by atoms with Gasteiger partial charge in [-0.25, -0.2) is 18.1 Å². The molecule has 12 heteroatoms. The van der Waals surface area contributed by atoms with Crippen molar-refractivity contribution in [3.05, 3.63) is 152 Å². The van der Waals surface area contributed by atoms with E-state index in [9.17, 15) is 19.2 Å². The second-order valence-corrected chi connectivity index (χ2v) is 13.2. The summed E-state index contributed by atoms with van der Waals surface area (Å²) in [4.78, 5) is 60.3. The molecule has 3 aromatic heterocycles. The zero-order chi connectivity index (χ0) is 36.2. The van der Waals surface area contributed by atoms with Gasteiger partial charge in [0.15, 0.2) is 0 Å². The van der Waals surface area contributed by atoms with Crippen LogP contribution < -0.4 is 16.6 Å². The van der Waals surface area contributed by atoms with E-state index in [1.54, 1.807) is 49.5 Å². The average molecular weight is 708 g/mol. The lowest BCUT2D eigenvalue weighted by atomic mass is 10.0. The number of benzene rings is 3. The van der Waals surface area contributed by atoms with Crippen LogP contribution in [-0.2, 0) is 30.8 Å². The van der Waals surface area contributed by atoms with Crippen molar-refractivity contribution in [1.29, 1.82) is 0 Å². The van der Waals surface area contributed by atoms with Gasteiger partial charge in [0.05, 0.1) is 28.9 Å². The Bertz CT molecular complexity index is 2330. The number of fused-ring (bicyclic) bond motifs is 1. The van der Waals surface area contributed by atoms with Crippen LogP contribution in [0.4, 0.5) is 8.78 Å². The second-order valence-electron chi connectivity index (χ2n) is 12.2. The molecule has 51 heavy (non-hydrogen) atoms. The van der Waals surface area contributed by atoms with Gasteiger partial charge in [-0.2, -0.15) is 0 Å². The zero-order valence-electron chi connectivity index (χ0n) is 28.3. The van der Waals surface area contributed by atoms with E-state index in [0.717, 1.165) is 27.8 Å². The van der Waals surface area contributed by atoms with Gasteiger partial charge >= 0.3 is 5.69 Å². The topological polar surface area (TPSA) is 106 Å². The first-order chi connectivity index (χ1) is 24.6. The lowest BCUT2D eigenvalue weighted by Gasteiger charge is -2.18. The van der Waals surface area contributed by atoms with Gasteiger partial charge in [-0.05, 0) is 60.1 Å². The van der Waals surface area contributed by atoms with Gasteiger partial charge in [0.25, 0.3) is 11.5 Å². The van der Waals surface area contributed by atoms with Crippen molar-refractivity contribution in [2.75, 3.05) is 14.1 Å². The Labute approximate surface area is 296 Å². The number of aromatic nitrogens is 3. The third-order valence-electron chi connectivity index (χ3n) is 8.65. The number of Topliss-reactive ketones (excluding diaryl/α,β-unsaturated/α-hetero) is 1. The predicted molar refractivity (Wildman–Crippen MR) is 194 cm³/mol. The number of rotatable bonds is 12. The fourth-order valence-corrected chi connectivity index (χ4v) is 7.27. The fourth-order valence-electron chi connectivity index (χ4n) is 5.96. The smallest absolute Gasteiger partial charge is 0.337 e. The molecule has 0 bridgehead atoms. The minimum atomic E-state index is -0.809. The summed E-state index contributed by atoms with van der Waals surface area (Å²) in [5.41, 5.74) is 2.04. The Morgan fingerprint density at radius 1 is 0.882 bits per heavy atom. The normalized spacial score (nSPS) is 11.3. The van der Waals surface area contributed by atoms with Crippen molar-refractivity contribution in [3.8, 4) is 16.1 Å². The lowest BCUT2D eigenvalue weighted by molar-refractivity contribution is -0.118. The van der Waals surface area contributed by atoms with Gasteiger partial charge in [0.2, 0.25) is 0 Å². The van der Waals surface area contributed by atoms with Gasteiger partial charge in [-0.1, -0.05) is 55.5 Å². The number of pyridine rings is 1. The largest absolute Gasteiger partial charge is 0.355 e. The van der Waals surface area contributed by atoms with Crippen molar-refractivity contribution in [2.45, 2.75) is 39.4 Å². The Balaban J connectivity index is 1.55. The highest BCUT2D eigenvalue weighted by Crippen LogP contribution is 2.38. The van der Waals surface area contributed by atoms with Crippen LogP contribution in [-0.4, -0.2) is 44.8 Å². The van der Waals surface area contributed by atoms with E-state index in [2.05, 4.69) is 10.3 Å². The van der Waals surface area contributed by atoms with Gasteiger partial charge in [-0.15, -0.1) is 11.3 Å². The number of amides is 1. The van der Waals surface area contributed by atoms with Crippen LogP contribution in [0.2, 0.25) is 0 Å². The summed E-state index contributed by atoms with van der Waals surface area (Å²) in [5, 5.41) is 2.82. The number of hydrogen-bond donors (Lipinski definition) is 1. The van der Waals surface area contributed by atoms with E-state index in [4.69, 9.17) is 0 Å². The molecular formula is C39H35F2N5O4S. The summed E-state index contributed by atoms with van der Waals surface area (Å²) >= 11 is 1.20. The van der Waals surface area contributed by atoms with Crippen molar-refractivity contribution in [2.24, 2.45) is 0 Å². The van der Waals surface area contributed by atoms with Gasteiger partial charge in [-0.3, -0.25) is 28.8 Å². The first kappa shape index (κ1) is 35.2. The van der Waals surface area contributed by atoms with Crippen LogP contribution in [0.1, 0.15) is 46.1 Å². The van der Waals surface area contributed by atoms with Crippen LogP contribution in [0.25, 0.3) is 26.3 Å². The Kier molecular flexibility index (Phi) is 10.4. The fraction of sp³-hybridized carbons (Fsp3) is 0.205. The van der Waals surface area contributed by atoms with Crippen molar-refractivity contribution in [1.82, 2.24) is 24.3 Å². The Hall–Kier alpha value is -5.59. The Morgan fingerprint density at radius 2 is 1.59 bits per heavy atom. The first-order valence-electron chi connectivity index (χ1n) is 16.4. The highest BCUT2D eigenvalue weighted by molar-refractivity contribution is 7.22. The minimum Gasteiger partial charge on any atom is -0.355 e. The number of halogens is 2. The summed E-state index contributed by atoms with van der Waals surface area (Å²) in [6, 6.07) is 22.9. The average Bonchev–Trinajstić information content (AvgIpc) is 3.50. The van der Waals surface area contributed by atoms with E-state index in [1.807, 2.05) is 43.1 Å². The third-order valence-corrected chi connectivity index (χ3v) is 9.95. The minimum absolute atomic E-state index is 0.106. The molecule has 3 aromatic carbocycles. The summed E-state index contributed by atoms with van der Waals surface area (Å²) in [6.07, 6.45) is 2.21. The van der Waals surface area contributed by atoms with Crippen molar-refractivity contribution < 1.29 is 18.4 Å². The second kappa shape index (κ2) is 15.1. The molecule has 0 aliphatic rings. The first-order valence-corrected chi connectivity index (χ1v) is 17.2. The van der Waals surface area contributed by atoms with Crippen LogP contribution in [0.15, 0.2) is 101 Å². The summed E-state index contributed by atoms with van der Waals surface area (Å²) < 4.78 is 32.4. The third kappa shape index (κ3) is 7.33. The molecular weight excluding hydrogens is 673 g/mol. The predicted octanol–water partition coefficient (Wildman–Crippen LogP) is 6.12. The molecule has 1 amide bonds. The SMILES string of the molecule is CCC(=O)Cc1ccc(-c2sc3c(c2CN(C)Cc2ccc(C(=O)NC)cn2)c(=O)n(-c2ccccc2)c(=O)n3Cc2c(F)cccc2F)cc1. The maximum Gasteiger partial charge on any atom is 0.337 e. The molecule has 3 heterocycles. The molecule has 0 radical (unpaired) electrons. The van der Waals surface area contributed by atoms with E-state index in [0.29, 0.717) is 46.8 Å². The molecule has 0 saturated heterocycles. The number of ketones is 1.